The minimum Gasteiger partial charge on any atom is -0.350 e. The Labute approximate surface area is 94.9 Å². The molecule has 15 heavy (non-hydrogen) atoms. The van der Waals surface area contributed by atoms with Gasteiger partial charge in [0, 0.05) is 0 Å². The number of nitrogens with two attached hydrogens (primary N) is 1. The molecule has 1 aromatic carbocycles. The van der Waals surface area contributed by atoms with Gasteiger partial charge in [0.05, 0.1) is 16.3 Å². The van der Waals surface area contributed by atoms with Crippen LogP contribution < -0.4 is 11.2 Å². The molecule has 1 rings (SSSR count). The number of amides is 2. The highest BCUT2D eigenvalue weighted by Crippen LogP contribution is 2.25. The summed E-state index contributed by atoms with van der Waals surface area (Å²) in [5, 5.41) is 3.35. The normalized spacial score (nSPS) is 10.6. The monoisotopic (exact) mass is 249 g/mol. The first kappa shape index (κ1) is 11.7. The van der Waals surface area contributed by atoms with E-state index in [1.165, 1.54) is 12.3 Å². The molecule has 0 aromatic heterocycles. The predicted octanol–water partition coefficient (Wildman–Crippen LogP) is 2.13. The summed E-state index contributed by atoms with van der Waals surface area (Å²) in [6, 6.07) is 1.71. The summed E-state index contributed by atoms with van der Waals surface area (Å²) >= 11 is 11.1. The standard InChI is InChI=1S/C8H6Cl2FN3O/c9-5-1-4(2-6(11)7(5)10)3-13-14-8(12)15/h1-3H,(H3,12,14,15). The summed E-state index contributed by atoms with van der Waals surface area (Å²) in [5.74, 6) is -0.662. The van der Waals surface area contributed by atoms with E-state index in [-0.39, 0.29) is 10.0 Å². The second-order valence-electron chi connectivity index (χ2n) is 2.53. The van der Waals surface area contributed by atoms with Crippen molar-refractivity contribution in [2.45, 2.75) is 0 Å². The maximum absolute atomic E-state index is 13.0. The summed E-state index contributed by atoms with van der Waals surface area (Å²) in [5.41, 5.74) is 7.07. The van der Waals surface area contributed by atoms with Crippen LogP contribution in [-0.4, -0.2) is 12.2 Å². The number of benzene rings is 1. The van der Waals surface area contributed by atoms with Gasteiger partial charge in [0.1, 0.15) is 5.82 Å². The van der Waals surface area contributed by atoms with Gasteiger partial charge >= 0.3 is 6.03 Å². The van der Waals surface area contributed by atoms with E-state index in [9.17, 15) is 9.18 Å². The van der Waals surface area contributed by atoms with E-state index in [1.54, 1.807) is 0 Å². The largest absolute Gasteiger partial charge is 0.350 e. The Morgan fingerprint density at radius 2 is 2.20 bits per heavy atom. The van der Waals surface area contributed by atoms with Crippen LogP contribution in [-0.2, 0) is 0 Å². The van der Waals surface area contributed by atoms with Crippen molar-refractivity contribution in [3.63, 3.8) is 0 Å². The van der Waals surface area contributed by atoms with Gasteiger partial charge in [-0.25, -0.2) is 14.6 Å². The Bertz CT molecular complexity index is 399. The third kappa shape index (κ3) is 3.38. The Morgan fingerprint density at radius 1 is 1.53 bits per heavy atom. The van der Waals surface area contributed by atoms with Crippen molar-refractivity contribution >= 4 is 35.4 Å². The lowest BCUT2D eigenvalue weighted by atomic mass is 10.2. The lowest BCUT2D eigenvalue weighted by Crippen LogP contribution is -2.24. The summed E-state index contributed by atoms with van der Waals surface area (Å²) in [6.07, 6.45) is 1.19. The molecule has 0 heterocycles. The molecular weight excluding hydrogens is 244 g/mol. The Balaban J connectivity index is 2.87. The highest BCUT2D eigenvalue weighted by Gasteiger charge is 2.05. The summed E-state index contributed by atoms with van der Waals surface area (Å²) in [6.45, 7) is 0. The van der Waals surface area contributed by atoms with E-state index in [0.717, 1.165) is 6.07 Å². The molecule has 0 spiro atoms. The van der Waals surface area contributed by atoms with Crippen molar-refractivity contribution in [1.29, 1.82) is 0 Å². The second-order valence-corrected chi connectivity index (χ2v) is 3.32. The molecule has 0 saturated carbocycles. The number of nitrogens with one attached hydrogen (secondary N) is 1. The number of hydrazone groups is 1. The molecule has 0 aliphatic heterocycles. The molecule has 1 aromatic rings. The summed E-state index contributed by atoms with van der Waals surface area (Å²) < 4.78 is 13.0. The third-order valence-electron chi connectivity index (χ3n) is 1.39. The minimum absolute atomic E-state index is 0.0668. The lowest BCUT2D eigenvalue weighted by Gasteiger charge is -1.99. The van der Waals surface area contributed by atoms with Crippen LogP contribution in [0.3, 0.4) is 0 Å². The molecule has 4 nitrogen and oxygen atoms in total. The number of rotatable bonds is 2. The fourth-order valence-electron chi connectivity index (χ4n) is 0.820. The van der Waals surface area contributed by atoms with Gasteiger partial charge in [-0.2, -0.15) is 5.10 Å². The van der Waals surface area contributed by atoms with Crippen LogP contribution in [0.25, 0.3) is 0 Å². The van der Waals surface area contributed by atoms with Crippen molar-refractivity contribution in [2.24, 2.45) is 10.8 Å². The fourth-order valence-corrected chi connectivity index (χ4v) is 1.15. The zero-order valence-electron chi connectivity index (χ0n) is 7.30. The highest BCUT2D eigenvalue weighted by molar-refractivity contribution is 6.42. The number of hydrogen-bond donors (Lipinski definition) is 2. The Hall–Kier alpha value is -1.33. The van der Waals surface area contributed by atoms with E-state index in [0.29, 0.717) is 5.56 Å². The zero-order chi connectivity index (χ0) is 11.4. The Morgan fingerprint density at radius 3 is 2.73 bits per heavy atom. The first-order valence-corrected chi connectivity index (χ1v) is 4.49. The summed E-state index contributed by atoms with van der Waals surface area (Å²) in [4.78, 5) is 10.3. The van der Waals surface area contributed by atoms with Gasteiger partial charge < -0.3 is 5.73 Å². The van der Waals surface area contributed by atoms with Crippen LogP contribution in [0.5, 0.6) is 0 Å². The molecule has 0 bridgehead atoms. The topological polar surface area (TPSA) is 67.5 Å². The van der Waals surface area contributed by atoms with Crippen LogP contribution in [0.15, 0.2) is 17.2 Å². The van der Waals surface area contributed by atoms with Gasteiger partial charge in [0.25, 0.3) is 0 Å². The molecule has 7 heteroatoms. The van der Waals surface area contributed by atoms with Gasteiger partial charge in [0.15, 0.2) is 0 Å². The maximum Gasteiger partial charge on any atom is 0.332 e. The van der Waals surface area contributed by atoms with E-state index >= 15 is 0 Å². The minimum atomic E-state index is -0.813. The number of primary amides is 1. The molecule has 0 saturated heterocycles. The van der Waals surface area contributed by atoms with Gasteiger partial charge in [-0.1, -0.05) is 23.2 Å². The van der Waals surface area contributed by atoms with Crippen molar-refractivity contribution < 1.29 is 9.18 Å². The quantitative estimate of drug-likeness (QED) is 0.471. The number of nitrogens with zero attached hydrogens (tertiary/aromatic N) is 1. The van der Waals surface area contributed by atoms with Crippen LogP contribution in [0.4, 0.5) is 9.18 Å². The molecule has 3 N–H and O–H groups in total. The van der Waals surface area contributed by atoms with Gasteiger partial charge in [-0.05, 0) is 17.7 Å². The molecule has 0 radical (unpaired) electrons. The molecular formula is C8H6Cl2FN3O. The number of urea groups is 1. The van der Waals surface area contributed by atoms with Gasteiger partial charge in [-0.3, -0.25) is 0 Å². The third-order valence-corrected chi connectivity index (χ3v) is 2.17. The average Bonchev–Trinajstić information content (AvgIpc) is 2.13. The van der Waals surface area contributed by atoms with Crippen molar-refractivity contribution in [3.8, 4) is 0 Å². The predicted molar refractivity (Wildman–Crippen MR) is 56.7 cm³/mol. The van der Waals surface area contributed by atoms with Crippen LogP contribution in [0.1, 0.15) is 5.56 Å². The number of hydrogen-bond acceptors (Lipinski definition) is 2. The smallest absolute Gasteiger partial charge is 0.332 e. The average molecular weight is 250 g/mol. The first-order chi connectivity index (χ1) is 7.00. The van der Waals surface area contributed by atoms with E-state index in [1.807, 2.05) is 5.43 Å². The van der Waals surface area contributed by atoms with E-state index in [2.05, 4.69) is 5.10 Å². The fraction of sp³-hybridized carbons (Fsp3) is 0. The molecule has 0 atom stereocenters. The summed E-state index contributed by atoms with van der Waals surface area (Å²) in [7, 11) is 0. The first-order valence-electron chi connectivity index (χ1n) is 3.73. The number of halogens is 3. The van der Waals surface area contributed by atoms with Gasteiger partial charge in [-0.15, -0.1) is 0 Å². The number of carbonyl (C=O) groups is 1. The maximum atomic E-state index is 13.0. The van der Waals surface area contributed by atoms with Crippen molar-refractivity contribution in [2.75, 3.05) is 0 Å². The second kappa shape index (κ2) is 4.95. The van der Waals surface area contributed by atoms with Crippen LogP contribution in [0.2, 0.25) is 10.0 Å². The SMILES string of the molecule is NC(=O)NN=Cc1cc(F)c(Cl)c(Cl)c1. The zero-order valence-corrected chi connectivity index (χ0v) is 8.81. The van der Waals surface area contributed by atoms with Crippen molar-refractivity contribution in [1.82, 2.24) is 5.43 Å². The van der Waals surface area contributed by atoms with Crippen LogP contribution >= 0.6 is 23.2 Å². The highest BCUT2D eigenvalue weighted by atomic mass is 35.5. The lowest BCUT2D eigenvalue weighted by molar-refractivity contribution is 0.249. The molecule has 0 aliphatic carbocycles. The van der Waals surface area contributed by atoms with E-state index < -0.39 is 11.8 Å². The number of carbonyl (C=O) groups excluding carboxylic acids is 1. The van der Waals surface area contributed by atoms with Gasteiger partial charge in [0.2, 0.25) is 0 Å². The molecule has 80 valence electrons. The van der Waals surface area contributed by atoms with Crippen LogP contribution in [0, 0.1) is 5.82 Å². The molecule has 0 fully saturated rings. The molecule has 0 aliphatic rings. The van der Waals surface area contributed by atoms with E-state index in [4.69, 9.17) is 28.9 Å². The molecule has 2 amide bonds. The van der Waals surface area contributed by atoms with Crippen molar-refractivity contribution in [3.05, 3.63) is 33.6 Å². The molecule has 0 unspecified atom stereocenters. The Kier molecular flexibility index (Phi) is 3.88.